The van der Waals surface area contributed by atoms with Gasteiger partial charge >= 0.3 is 0 Å². The van der Waals surface area contributed by atoms with Gasteiger partial charge in [-0.1, -0.05) is 6.92 Å². The Balaban J connectivity index is 2.82. The zero-order valence-electron chi connectivity index (χ0n) is 10.1. The molecule has 2 aromatic heterocycles. The maximum atomic E-state index is 9.30. The van der Waals surface area contributed by atoms with Crippen molar-refractivity contribution in [1.29, 1.82) is 5.26 Å². The van der Waals surface area contributed by atoms with E-state index in [9.17, 15) is 5.26 Å². The molecule has 0 saturated heterocycles. The summed E-state index contributed by atoms with van der Waals surface area (Å²) in [6, 6.07) is 6.16. The number of rotatable bonds is 2. The fourth-order valence-corrected chi connectivity index (χ4v) is 3.50. The van der Waals surface area contributed by atoms with Crippen molar-refractivity contribution in [1.82, 2.24) is 4.98 Å². The van der Waals surface area contributed by atoms with Crippen molar-refractivity contribution in [3.8, 4) is 16.5 Å². The van der Waals surface area contributed by atoms with Crippen LogP contribution in [0.25, 0.3) is 10.4 Å². The van der Waals surface area contributed by atoms with Crippen molar-refractivity contribution >= 4 is 33.1 Å². The van der Waals surface area contributed by atoms with E-state index in [0.29, 0.717) is 11.4 Å². The van der Waals surface area contributed by atoms with Crippen molar-refractivity contribution in [2.75, 3.05) is 5.73 Å². The Morgan fingerprint density at radius 1 is 1.50 bits per heavy atom. The predicted molar refractivity (Wildman–Crippen MR) is 78.5 cm³/mol. The third-order valence-corrected chi connectivity index (χ3v) is 4.46. The molecule has 2 heterocycles. The minimum atomic E-state index is 0.312. The van der Waals surface area contributed by atoms with Crippen LogP contribution in [0.3, 0.4) is 0 Å². The van der Waals surface area contributed by atoms with E-state index in [1.165, 1.54) is 0 Å². The number of thiophene rings is 1. The SMILES string of the molecule is CCc1c(C)nc(N)c(C#N)c1-c1ccc(Br)s1. The first-order valence-electron chi connectivity index (χ1n) is 5.53. The Bertz CT molecular complexity index is 640. The van der Waals surface area contributed by atoms with Crippen LogP contribution in [0.1, 0.15) is 23.7 Å². The molecular formula is C13H12BrN3S. The highest BCUT2D eigenvalue weighted by molar-refractivity contribution is 9.11. The normalized spacial score (nSPS) is 10.3. The van der Waals surface area contributed by atoms with Crippen molar-refractivity contribution in [2.24, 2.45) is 0 Å². The summed E-state index contributed by atoms with van der Waals surface area (Å²) in [6.07, 6.45) is 0.832. The van der Waals surface area contributed by atoms with Crippen LogP contribution in [0.4, 0.5) is 5.82 Å². The Kier molecular flexibility index (Phi) is 3.69. The lowest BCUT2D eigenvalue weighted by molar-refractivity contribution is 1.05. The van der Waals surface area contributed by atoms with Gasteiger partial charge in [-0.2, -0.15) is 5.26 Å². The number of hydrogen-bond acceptors (Lipinski definition) is 4. The molecular weight excluding hydrogens is 310 g/mol. The molecule has 0 aliphatic rings. The van der Waals surface area contributed by atoms with E-state index in [0.717, 1.165) is 31.9 Å². The first kappa shape index (κ1) is 13.1. The average Bonchev–Trinajstić information content (AvgIpc) is 2.74. The first-order valence-corrected chi connectivity index (χ1v) is 7.14. The average molecular weight is 322 g/mol. The summed E-state index contributed by atoms with van der Waals surface area (Å²) in [5.74, 6) is 0.312. The summed E-state index contributed by atoms with van der Waals surface area (Å²) in [5, 5.41) is 9.30. The van der Waals surface area contributed by atoms with Gasteiger partial charge in [0, 0.05) is 16.1 Å². The van der Waals surface area contributed by atoms with Crippen molar-refractivity contribution in [2.45, 2.75) is 20.3 Å². The third-order valence-electron chi connectivity index (χ3n) is 2.82. The van der Waals surface area contributed by atoms with Crippen molar-refractivity contribution < 1.29 is 0 Å². The minimum absolute atomic E-state index is 0.312. The standard InChI is InChI=1S/C13H12BrN3S/c1-3-8-7(2)17-13(16)9(6-15)12(8)10-4-5-11(14)18-10/h4-5H,3H2,1-2H3,(H2,16,17). The highest BCUT2D eigenvalue weighted by atomic mass is 79.9. The number of aryl methyl sites for hydroxylation is 1. The molecule has 0 aliphatic carbocycles. The van der Waals surface area contributed by atoms with E-state index in [2.05, 4.69) is 33.9 Å². The number of halogens is 1. The molecule has 0 atom stereocenters. The van der Waals surface area contributed by atoms with E-state index < -0.39 is 0 Å². The number of nitrogens with two attached hydrogens (primary N) is 1. The molecule has 2 aromatic rings. The lowest BCUT2D eigenvalue weighted by atomic mass is 9.98. The van der Waals surface area contributed by atoms with Gasteiger partial charge in [-0.25, -0.2) is 4.98 Å². The Morgan fingerprint density at radius 3 is 2.72 bits per heavy atom. The molecule has 0 unspecified atom stereocenters. The van der Waals surface area contributed by atoms with Crippen molar-refractivity contribution in [3.05, 3.63) is 32.7 Å². The largest absolute Gasteiger partial charge is 0.383 e. The molecule has 2 rings (SSSR count). The zero-order valence-corrected chi connectivity index (χ0v) is 12.5. The number of aromatic nitrogens is 1. The number of pyridine rings is 1. The van der Waals surface area contributed by atoms with Gasteiger partial charge in [-0.15, -0.1) is 11.3 Å². The van der Waals surface area contributed by atoms with Crippen LogP contribution in [0, 0.1) is 18.3 Å². The lowest BCUT2D eigenvalue weighted by Crippen LogP contribution is -2.04. The first-order chi connectivity index (χ1) is 8.58. The predicted octanol–water partition coefficient (Wildman–Crippen LogP) is 3.90. The molecule has 2 N–H and O–H groups in total. The third kappa shape index (κ3) is 2.14. The van der Waals surface area contributed by atoms with Crippen LogP contribution in [0.2, 0.25) is 0 Å². The fourth-order valence-electron chi connectivity index (χ4n) is 2.03. The maximum absolute atomic E-state index is 9.30. The number of anilines is 1. The summed E-state index contributed by atoms with van der Waals surface area (Å²) in [7, 11) is 0. The zero-order chi connectivity index (χ0) is 13.3. The molecule has 0 amide bonds. The Labute approximate surface area is 118 Å². The van der Waals surface area contributed by atoms with Crippen LogP contribution in [0.5, 0.6) is 0 Å². The summed E-state index contributed by atoms with van der Waals surface area (Å²) in [6.45, 7) is 4.00. The number of nitrogens with zero attached hydrogens (tertiary/aromatic N) is 2. The van der Waals surface area contributed by atoms with Gasteiger partial charge in [0.15, 0.2) is 0 Å². The molecule has 0 spiro atoms. The molecule has 0 aromatic carbocycles. The lowest BCUT2D eigenvalue weighted by Gasteiger charge is -2.12. The van der Waals surface area contributed by atoms with E-state index in [4.69, 9.17) is 5.73 Å². The van der Waals surface area contributed by atoms with Crippen LogP contribution < -0.4 is 5.73 Å². The minimum Gasteiger partial charge on any atom is -0.383 e. The molecule has 18 heavy (non-hydrogen) atoms. The van der Waals surface area contributed by atoms with E-state index >= 15 is 0 Å². The molecule has 0 radical (unpaired) electrons. The second-order valence-corrected chi connectivity index (χ2v) is 6.34. The molecule has 0 fully saturated rings. The Morgan fingerprint density at radius 2 is 2.22 bits per heavy atom. The van der Waals surface area contributed by atoms with Crippen LogP contribution in [0.15, 0.2) is 15.9 Å². The second kappa shape index (κ2) is 5.09. The summed E-state index contributed by atoms with van der Waals surface area (Å²) in [5.41, 5.74) is 9.26. The quantitative estimate of drug-likeness (QED) is 0.912. The van der Waals surface area contributed by atoms with Gasteiger partial charge in [0.2, 0.25) is 0 Å². The van der Waals surface area contributed by atoms with E-state index in [-0.39, 0.29) is 0 Å². The highest BCUT2D eigenvalue weighted by Gasteiger charge is 2.18. The van der Waals surface area contributed by atoms with Gasteiger partial charge in [0.1, 0.15) is 17.5 Å². The van der Waals surface area contributed by atoms with Crippen LogP contribution in [-0.2, 0) is 6.42 Å². The molecule has 3 nitrogen and oxygen atoms in total. The monoisotopic (exact) mass is 321 g/mol. The summed E-state index contributed by atoms with van der Waals surface area (Å²) in [4.78, 5) is 5.30. The molecule has 0 aliphatic heterocycles. The van der Waals surface area contributed by atoms with Gasteiger partial charge in [0.05, 0.1) is 3.79 Å². The molecule has 0 bridgehead atoms. The topological polar surface area (TPSA) is 62.7 Å². The number of nitriles is 1. The number of hydrogen-bond donors (Lipinski definition) is 1. The smallest absolute Gasteiger partial charge is 0.142 e. The van der Waals surface area contributed by atoms with Gasteiger partial charge in [-0.3, -0.25) is 0 Å². The van der Waals surface area contributed by atoms with Crippen LogP contribution in [-0.4, -0.2) is 4.98 Å². The maximum Gasteiger partial charge on any atom is 0.142 e. The van der Waals surface area contributed by atoms with Crippen molar-refractivity contribution in [3.63, 3.8) is 0 Å². The van der Waals surface area contributed by atoms with Gasteiger partial charge in [0.25, 0.3) is 0 Å². The van der Waals surface area contributed by atoms with Gasteiger partial charge in [-0.05, 0) is 47.0 Å². The second-order valence-electron chi connectivity index (χ2n) is 3.88. The fraction of sp³-hybridized carbons (Fsp3) is 0.231. The van der Waals surface area contributed by atoms with E-state index in [1.807, 2.05) is 19.1 Å². The summed E-state index contributed by atoms with van der Waals surface area (Å²) < 4.78 is 1.04. The summed E-state index contributed by atoms with van der Waals surface area (Å²) >= 11 is 5.05. The Hall–Kier alpha value is -1.38. The highest BCUT2D eigenvalue weighted by Crippen LogP contribution is 2.38. The van der Waals surface area contributed by atoms with Gasteiger partial charge < -0.3 is 5.73 Å². The number of nitrogen functional groups attached to an aromatic ring is 1. The molecule has 92 valence electrons. The molecule has 0 saturated carbocycles. The van der Waals surface area contributed by atoms with Crippen LogP contribution >= 0.6 is 27.3 Å². The molecule has 5 heteroatoms. The van der Waals surface area contributed by atoms with E-state index in [1.54, 1.807) is 11.3 Å².